The van der Waals surface area contributed by atoms with Crippen LogP contribution in [-0.2, 0) is 0 Å². The third kappa shape index (κ3) is 5.33. The van der Waals surface area contributed by atoms with E-state index >= 15 is 0 Å². The average molecular weight is 210 g/mol. The van der Waals surface area contributed by atoms with Gasteiger partial charge < -0.3 is 9.80 Å². The minimum Gasteiger partial charge on any atom is -0.306 e. The van der Waals surface area contributed by atoms with E-state index in [0.29, 0.717) is 0 Å². The molecule has 0 aliphatic carbocycles. The second kappa shape index (κ2) is 6.29. The molecule has 0 aromatic rings. The molecular weight excluding hydrogens is 184 g/mol. The lowest BCUT2D eigenvalue weighted by atomic mass is 10.2. The Morgan fingerprint density at radius 3 is 2.20 bits per heavy atom. The molecule has 0 saturated carbocycles. The molecule has 0 aromatic carbocycles. The second-order valence-corrected chi connectivity index (χ2v) is 5.23. The molecule has 0 radical (unpaired) electrons. The highest BCUT2D eigenvalue weighted by Gasteiger charge is 2.13. The van der Waals surface area contributed by atoms with E-state index in [1.54, 1.807) is 0 Å². The summed E-state index contributed by atoms with van der Waals surface area (Å²) in [6.07, 6.45) is 4.96. The summed E-state index contributed by atoms with van der Waals surface area (Å²) in [6.45, 7) is 9.51. The van der Waals surface area contributed by atoms with Crippen LogP contribution in [0.5, 0.6) is 0 Å². The van der Waals surface area contributed by atoms with Crippen molar-refractivity contribution in [1.29, 1.82) is 0 Å². The molecule has 0 N–H and O–H groups in total. The zero-order valence-electron chi connectivity index (χ0n) is 10.8. The van der Waals surface area contributed by atoms with Gasteiger partial charge in [0.1, 0.15) is 0 Å². The zero-order chi connectivity index (χ0) is 11.3. The van der Waals surface area contributed by atoms with Crippen LogP contribution in [0, 0.1) is 5.92 Å². The molecule has 2 heteroatoms. The standard InChI is InChI=1S/C7H13N.C6H13N/c1-7-4-3-5-8(2)6-7;1-6-3-4-7(2)5-6/h4H,3,5-6H2,1-2H3;6H,3-5H2,1-2H3. The molecule has 2 nitrogen and oxygen atoms in total. The summed E-state index contributed by atoms with van der Waals surface area (Å²) in [5, 5.41) is 0. The lowest BCUT2D eigenvalue weighted by Crippen LogP contribution is -2.24. The van der Waals surface area contributed by atoms with Crippen LogP contribution < -0.4 is 0 Å². The van der Waals surface area contributed by atoms with E-state index in [9.17, 15) is 0 Å². The van der Waals surface area contributed by atoms with Gasteiger partial charge in [0.15, 0.2) is 0 Å². The predicted molar refractivity (Wildman–Crippen MR) is 67.1 cm³/mol. The zero-order valence-corrected chi connectivity index (χ0v) is 10.8. The van der Waals surface area contributed by atoms with Gasteiger partial charge in [0, 0.05) is 19.6 Å². The highest BCUT2D eigenvalue weighted by molar-refractivity contribution is 5.03. The Morgan fingerprint density at radius 2 is 1.93 bits per heavy atom. The van der Waals surface area contributed by atoms with Gasteiger partial charge in [-0.25, -0.2) is 0 Å². The Balaban J connectivity index is 0.000000151. The number of likely N-dealkylation sites (N-methyl/N-ethyl adjacent to an activating group) is 1. The molecule has 1 atom stereocenters. The summed E-state index contributed by atoms with van der Waals surface area (Å²) in [5.74, 6) is 0.949. The summed E-state index contributed by atoms with van der Waals surface area (Å²) < 4.78 is 0. The quantitative estimate of drug-likeness (QED) is 0.566. The van der Waals surface area contributed by atoms with Gasteiger partial charge in [-0.1, -0.05) is 18.6 Å². The van der Waals surface area contributed by atoms with Crippen LogP contribution in [0.3, 0.4) is 0 Å². The molecule has 0 spiro atoms. The lowest BCUT2D eigenvalue weighted by molar-refractivity contribution is 0.355. The molecule has 0 bridgehead atoms. The summed E-state index contributed by atoms with van der Waals surface area (Å²) >= 11 is 0. The Morgan fingerprint density at radius 1 is 1.20 bits per heavy atom. The molecule has 88 valence electrons. The van der Waals surface area contributed by atoms with E-state index in [2.05, 4.69) is 43.8 Å². The van der Waals surface area contributed by atoms with Crippen LogP contribution in [0.4, 0.5) is 0 Å². The Kier molecular flexibility index (Phi) is 5.34. The summed E-state index contributed by atoms with van der Waals surface area (Å²) in [6, 6.07) is 0. The van der Waals surface area contributed by atoms with E-state index in [4.69, 9.17) is 0 Å². The fraction of sp³-hybridized carbons (Fsp3) is 0.846. The number of nitrogens with zero attached hydrogens (tertiary/aromatic N) is 2. The molecular formula is C13H26N2. The van der Waals surface area contributed by atoms with Gasteiger partial charge in [-0.3, -0.25) is 0 Å². The molecule has 1 unspecified atom stereocenters. The number of hydrogen-bond acceptors (Lipinski definition) is 2. The highest BCUT2D eigenvalue weighted by Crippen LogP contribution is 2.11. The van der Waals surface area contributed by atoms with Crippen molar-refractivity contribution in [3.05, 3.63) is 11.6 Å². The topological polar surface area (TPSA) is 6.48 Å². The lowest BCUT2D eigenvalue weighted by Gasteiger charge is -2.20. The predicted octanol–water partition coefficient (Wildman–Crippen LogP) is 2.23. The van der Waals surface area contributed by atoms with Crippen LogP contribution in [0.1, 0.15) is 26.7 Å². The van der Waals surface area contributed by atoms with Crippen LogP contribution in [0.25, 0.3) is 0 Å². The van der Waals surface area contributed by atoms with Crippen molar-refractivity contribution in [1.82, 2.24) is 9.80 Å². The summed E-state index contributed by atoms with van der Waals surface area (Å²) in [4.78, 5) is 4.72. The molecule has 1 saturated heterocycles. The normalized spacial score (nSPS) is 28.3. The first-order valence-corrected chi connectivity index (χ1v) is 6.10. The molecule has 0 aromatic heterocycles. The van der Waals surface area contributed by atoms with Gasteiger partial charge in [0.2, 0.25) is 0 Å². The Labute approximate surface area is 94.9 Å². The molecule has 2 aliphatic heterocycles. The van der Waals surface area contributed by atoms with Gasteiger partial charge in [-0.05, 0) is 46.3 Å². The second-order valence-electron chi connectivity index (χ2n) is 5.23. The molecule has 15 heavy (non-hydrogen) atoms. The van der Waals surface area contributed by atoms with Gasteiger partial charge >= 0.3 is 0 Å². The molecule has 1 fully saturated rings. The smallest absolute Gasteiger partial charge is 0.0187 e. The van der Waals surface area contributed by atoms with Gasteiger partial charge in [-0.15, -0.1) is 0 Å². The maximum absolute atomic E-state index is 2.38. The molecule has 2 aliphatic rings. The van der Waals surface area contributed by atoms with Crippen molar-refractivity contribution in [2.75, 3.05) is 40.3 Å². The average Bonchev–Trinajstić information content (AvgIpc) is 2.50. The van der Waals surface area contributed by atoms with Gasteiger partial charge in [0.25, 0.3) is 0 Å². The Bertz CT molecular complexity index is 203. The number of rotatable bonds is 0. The maximum Gasteiger partial charge on any atom is 0.0187 e. The van der Waals surface area contributed by atoms with Crippen molar-refractivity contribution in [3.8, 4) is 0 Å². The number of hydrogen-bond donors (Lipinski definition) is 0. The van der Waals surface area contributed by atoms with E-state index < -0.39 is 0 Å². The van der Waals surface area contributed by atoms with Crippen LogP contribution in [0.15, 0.2) is 11.6 Å². The minimum absolute atomic E-state index is 0.949. The fourth-order valence-corrected chi connectivity index (χ4v) is 2.26. The minimum atomic E-state index is 0.949. The summed E-state index contributed by atoms with van der Waals surface area (Å²) in [5.41, 5.74) is 1.51. The van der Waals surface area contributed by atoms with Crippen molar-refractivity contribution >= 4 is 0 Å². The van der Waals surface area contributed by atoms with E-state index in [1.165, 1.54) is 44.6 Å². The summed E-state index contributed by atoms with van der Waals surface area (Å²) in [7, 11) is 4.35. The molecule has 2 heterocycles. The van der Waals surface area contributed by atoms with Crippen molar-refractivity contribution in [2.45, 2.75) is 26.7 Å². The Hall–Kier alpha value is -0.340. The fourth-order valence-electron chi connectivity index (χ4n) is 2.26. The van der Waals surface area contributed by atoms with Crippen molar-refractivity contribution in [3.63, 3.8) is 0 Å². The molecule has 0 amide bonds. The van der Waals surface area contributed by atoms with Crippen molar-refractivity contribution in [2.24, 2.45) is 5.92 Å². The van der Waals surface area contributed by atoms with Crippen LogP contribution >= 0.6 is 0 Å². The van der Waals surface area contributed by atoms with Gasteiger partial charge in [-0.2, -0.15) is 0 Å². The first-order valence-electron chi connectivity index (χ1n) is 6.10. The highest BCUT2D eigenvalue weighted by atomic mass is 15.1. The van der Waals surface area contributed by atoms with E-state index in [1.807, 2.05) is 0 Å². The first kappa shape index (κ1) is 12.7. The third-order valence-electron chi connectivity index (χ3n) is 3.15. The van der Waals surface area contributed by atoms with E-state index in [-0.39, 0.29) is 0 Å². The first-order chi connectivity index (χ1) is 7.08. The number of likely N-dealkylation sites (tertiary alicyclic amines) is 1. The van der Waals surface area contributed by atoms with E-state index in [0.717, 1.165) is 5.92 Å². The SMILES string of the molecule is CC1=CCCN(C)C1.CC1CCN(C)C1. The van der Waals surface area contributed by atoms with Crippen molar-refractivity contribution < 1.29 is 0 Å². The van der Waals surface area contributed by atoms with Gasteiger partial charge in [0.05, 0.1) is 0 Å². The monoisotopic (exact) mass is 210 g/mol. The third-order valence-corrected chi connectivity index (χ3v) is 3.15. The molecule has 2 rings (SSSR count). The maximum atomic E-state index is 2.38. The van der Waals surface area contributed by atoms with Crippen LogP contribution in [-0.4, -0.2) is 50.1 Å². The van der Waals surface area contributed by atoms with Crippen LogP contribution in [0.2, 0.25) is 0 Å². The largest absolute Gasteiger partial charge is 0.306 e.